The molecule has 2 aromatic rings. The van der Waals surface area contributed by atoms with E-state index in [1.807, 2.05) is 47.6 Å². The molecule has 4 heteroatoms. The maximum absolute atomic E-state index is 13.4. The van der Waals surface area contributed by atoms with Gasteiger partial charge in [-0.05, 0) is 41.7 Å². The van der Waals surface area contributed by atoms with E-state index in [4.69, 9.17) is 4.74 Å². The van der Waals surface area contributed by atoms with Gasteiger partial charge in [-0.3, -0.25) is 9.78 Å². The van der Waals surface area contributed by atoms with Crippen molar-refractivity contribution in [3.63, 3.8) is 0 Å². The van der Waals surface area contributed by atoms with Crippen molar-refractivity contribution < 1.29 is 9.53 Å². The molecular formula is C21H20N2O2. The van der Waals surface area contributed by atoms with E-state index < -0.39 is 11.0 Å². The quantitative estimate of drug-likeness (QED) is 0.847. The van der Waals surface area contributed by atoms with Crippen molar-refractivity contribution in [3.05, 3.63) is 77.8 Å². The van der Waals surface area contributed by atoms with Crippen LogP contribution < -0.4 is 0 Å². The number of nitrogens with zero attached hydrogens (tertiary/aromatic N) is 2. The van der Waals surface area contributed by atoms with Gasteiger partial charge in [0.1, 0.15) is 5.60 Å². The van der Waals surface area contributed by atoms with Crippen molar-refractivity contribution in [2.75, 3.05) is 6.54 Å². The van der Waals surface area contributed by atoms with E-state index in [2.05, 4.69) is 17.1 Å². The average Bonchev–Trinajstić information content (AvgIpc) is 3.21. The normalized spacial score (nSPS) is 25.8. The summed E-state index contributed by atoms with van der Waals surface area (Å²) in [5, 5.41) is 0. The Morgan fingerprint density at radius 2 is 2.04 bits per heavy atom. The molecule has 0 saturated heterocycles. The maximum atomic E-state index is 13.4. The summed E-state index contributed by atoms with van der Waals surface area (Å²) in [5.74, 6) is 0.174. The van der Waals surface area contributed by atoms with E-state index in [1.165, 1.54) is 11.1 Å². The van der Waals surface area contributed by atoms with E-state index >= 15 is 0 Å². The lowest BCUT2D eigenvalue weighted by Crippen LogP contribution is -2.50. The summed E-state index contributed by atoms with van der Waals surface area (Å²) < 4.78 is 6.13. The zero-order valence-electron chi connectivity index (χ0n) is 14.0. The summed E-state index contributed by atoms with van der Waals surface area (Å²) in [5.41, 5.74) is 2.54. The molecule has 1 spiro atoms. The molecule has 1 aromatic heterocycles. The Labute approximate surface area is 147 Å². The van der Waals surface area contributed by atoms with Crippen LogP contribution in [-0.4, -0.2) is 22.3 Å². The Bertz CT molecular complexity index is 857. The number of carbonyl (C=O) groups excluding carboxylic acids is 1. The van der Waals surface area contributed by atoms with Crippen LogP contribution in [0.3, 0.4) is 0 Å². The van der Waals surface area contributed by atoms with Crippen LogP contribution in [0.15, 0.2) is 61.1 Å². The van der Waals surface area contributed by atoms with Gasteiger partial charge >= 0.3 is 0 Å². The van der Waals surface area contributed by atoms with Gasteiger partial charge in [-0.1, -0.05) is 36.8 Å². The van der Waals surface area contributed by atoms with Gasteiger partial charge in [0.25, 0.3) is 0 Å². The first-order valence-electron chi connectivity index (χ1n) is 8.87. The Kier molecular flexibility index (Phi) is 3.13. The lowest BCUT2D eigenvalue weighted by molar-refractivity contribution is -0.140. The standard InChI is InChI=1S/C21H20N2O2/c24-19(20(8-4-9-20)17-6-3-11-22-13-17)23-12-10-21(15-23)18-7-2-1-5-16(18)14-25-21/h1-3,5-7,10-13H,4,8-9,14-15H2. The van der Waals surface area contributed by atoms with E-state index in [0.717, 1.165) is 24.8 Å². The van der Waals surface area contributed by atoms with Crippen molar-refractivity contribution in [3.8, 4) is 0 Å². The summed E-state index contributed by atoms with van der Waals surface area (Å²) in [6.07, 6.45) is 10.4. The van der Waals surface area contributed by atoms with Crippen LogP contribution >= 0.6 is 0 Å². The molecule has 2 aliphatic heterocycles. The number of benzene rings is 1. The SMILES string of the molecule is O=C(N1C=CC2(C1)OCc1ccccc12)C1(c2cccnc2)CCC1. The fourth-order valence-electron chi connectivity index (χ4n) is 4.40. The molecule has 25 heavy (non-hydrogen) atoms. The molecule has 5 rings (SSSR count). The van der Waals surface area contributed by atoms with E-state index in [1.54, 1.807) is 6.20 Å². The number of hydrogen-bond donors (Lipinski definition) is 0. The highest BCUT2D eigenvalue weighted by Gasteiger charge is 2.51. The summed E-state index contributed by atoms with van der Waals surface area (Å²) >= 11 is 0. The summed E-state index contributed by atoms with van der Waals surface area (Å²) in [6, 6.07) is 12.2. The summed E-state index contributed by atoms with van der Waals surface area (Å²) in [7, 11) is 0. The van der Waals surface area contributed by atoms with Gasteiger partial charge in [0.05, 0.1) is 18.6 Å². The number of carbonyl (C=O) groups is 1. The monoisotopic (exact) mass is 332 g/mol. The first-order valence-corrected chi connectivity index (χ1v) is 8.87. The van der Waals surface area contributed by atoms with Crippen LogP contribution in [0.1, 0.15) is 36.0 Å². The minimum Gasteiger partial charge on any atom is -0.360 e. The zero-order chi connectivity index (χ0) is 16.9. The van der Waals surface area contributed by atoms with Gasteiger partial charge in [-0.2, -0.15) is 0 Å². The zero-order valence-corrected chi connectivity index (χ0v) is 14.0. The Balaban J connectivity index is 1.45. The van der Waals surface area contributed by atoms with Crippen LogP contribution in [-0.2, 0) is 27.2 Å². The molecule has 1 amide bonds. The van der Waals surface area contributed by atoms with Crippen molar-refractivity contribution in [2.45, 2.75) is 36.9 Å². The molecule has 1 aromatic carbocycles. The van der Waals surface area contributed by atoms with E-state index in [0.29, 0.717) is 13.2 Å². The number of ether oxygens (including phenoxy) is 1. The minimum absolute atomic E-state index is 0.174. The second kappa shape index (κ2) is 5.27. The van der Waals surface area contributed by atoms with Gasteiger partial charge in [0.15, 0.2) is 0 Å². The second-order valence-corrected chi connectivity index (χ2v) is 7.26. The van der Waals surface area contributed by atoms with E-state index in [-0.39, 0.29) is 5.91 Å². The molecule has 3 heterocycles. The van der Waals surface area contributed by atoms with Crippen LogP contribution in [0.25, 0.3) is 0 Å². The summed E-state index contributed by atoms with van der Waals surface area (Å²) in [6.45, 7) is 1.17. The lowest BCUT2D eigenvalue weighted by atomic mass is 9.64. The third-order valence-electron chi connectivity index (χ3n) is 5.98. The smallest absolute Gasteiger partial charge is 0.237 e. The molecule has 1 saturated carbocycles. The summed E-state index contributed by atoms with van der Waals surface area (Å²) in [4.78, 5) is 19.5. The molecule has 1 fully saturated rings. The Morgan fingerprint density at radius 3 is 2.80 bits per heavy atom. The van der Waals surface area contributed by atoms with Crippen LogP contribution in [0.5, 0.6) is 0 Å². The molecule has 1 atom stereocenters. The van der Waals surface area contributed by atoms with Gasteiger partial charge < -0.3 is 9.64 Å². The van der Waals surface area contributed by atoms with E-state index in [9.17, 15) is 4.79 Å². The molecular weight excluding hydrogens is 312 g/mol. The number of aromatic nitrogens is 1. The molecule has 126 valence electrons. The van der Waals surface area contributed by atoms with Crippen LogP contribution in [0.4, 0.5) is 0 Å². The molecule has 0 radical (unpaired) electrons. The third kappa shape index (κ3) is 2.04. The third-order valence-corrected chi connectivity index (χ3v) is 5.98. The number of rotatable bonds is 2. The van der Waals surface area contributed by atoms with Gasteiger partial charge in [-0.15, -0.1) is 0 Å². The van der Waals surface area contributed by atoms with Crippen molar-refractivity contribution in [1.29, 1.82) is 0 Å². The molecule has 1 aliphatic carbocycles. The van der Waals surface area contributed by atoms with Crippen LogP contribution in [0.2, 0.25) is 0 Å². The highest BCUT2D eigenvalue weighted by Crippen LogP contribution is 2.47. The molecule has 0 N–H and O–H groups in total. The fourth-order valence-corrected chi connectivity index (χ4v) is 4.40. The number of pyridine rings is 1. The Hall–Kier alpha value is -2.46. The number of amides is 1. The minimum atomic E-state index is -0.480. The van der Waals surface area contributed by atoms with Gasteiger partial charge in [0, 0.05) is 18.6 Å². The first kappa shape index (κ1) is 14.8. The van der Waals surface area contributed by atoms with Crippen molar-refractivity contribution >= 4 is 5.91 Å². The topological polar surface area (TPSA) is 42.4 Å². The fraction of sp³-hybridized carbons (Fsp3) is 0.333. The van der Waals surface area contributed by atoms with Crippen LogP contribution in [0, 0.1) is 0 Å². The van der Waals surface area contributed by atoms with Crippen molar-refractivity contribution in [2.24, 2.45) is 0 Å². The largest absolute Gasteiger partial charge is 0.360 e. The molecule has 3 aliphatic rings. The highest BCUT2D eigenvalue weighted by molar-refractivity contribution is 5.90. The maximum Gasteiger partial charge on any atom is 0.237 e. The molecule has 4 nitrogen and oxygen atoms in total. The van der Waals surface area contributed by atoms with Gasteiger partial charge in [-0.25, -0.2) is 0 Å². The Morgan fingerprint density at radius 1 is 1.16 bits per heavy atom. The number of hydrogen-bond acceptors (Lipinski definition) is 3. The lowest BCUT2D eigenvalue weighted by Gasteiger charge is -2.43. The molecule has 1 unspecified atom stereocenters. The number of fused-ring (bicyclic) bond motifs is 2. The average molecular weight is 332 g/mol. The predicted octanol–water partition coefficient (Wildman–Crippen LogP) is 3.28. The predicted molar refractivity (Wildman–Crippen MR) is 93.5 cm³/mol. The first-order chi connectivity index (χ1) is 12.2. The van der Waals surface area contributed by atoms with Crippen molar-refractivity contribution in [1.82, 2.24) is 9.88 Å². The van der Waals surface area contributed by atoms with Gasteiger partial charge in [0.2, 0.25) is 5.91 Å². The highest BCUT2D eigenvalue weighted by atomic mass is 16.5. The molecule has 0 bridgehead atoms. The second-order valence-electron chi connectivity index (χ2n) is 7.26.